The van der Waals surface area contributed by atoms with Crippen LogP contribution in [0, 0.1) is 5.41 Å². The van der Waals surface area contributed by atoms with Crippen LogP contribution in [-0.4, -0.2) is 26.8 Å². The normalized spacial score (nSPS) is 14.2. The Kier molecular flexibility index (Phi) is 5.77. The molecule has 1 atom stereocenters. The molecule has 0 heterocycles. The summed E-state index contributed by atoms with van der Waals surface area (Å²) in [5.41, 5.74) is 1.73. The molecule has 1 N–H and O–H groups in total. The second-order valence-electron chi connectivity index (χ2n) is 6.15. The van der Waals surface area contributed by atoms with Crippen molar-refractivity contribution in [2.75, 3.05) is 26.8 Å². The van der Waals surface area contributed by atoms with Gasteiger partial charge in [-0.3, -0.25) is 0 Å². The first-order chi connectivity index (χ1) is 10.2. The molecular formula is C19H27NO. The summed E-state index contributed by atoms with van der Waals surface area (Å²) >= 11 is 0. The summed E-state index contributed by atoms with van der Waals surface area (Å²) in [6.07, 6.45) is 2.26. The Hall–Kier alpha value is -1.38. The smallest absolute Gasteiger partial charge is 0.0587 e. The Balaban J connectivity index is 2.12. The van der Waals surface area contributed by atoms with Gasteiger partial charge < -0.3 is 10.1 Å². The molecule has 2 heteroatoms. The number of methoxy groups -OCH3 is 1. The van der Waals surface area contributed by atoms with Crippen LogP contribution in [0.5, 0.6) is 0 Å². The highest BCUT2D eigenvalue weighted by molar-refractivity contribution is 5.85. The van der Waals surface area contributed by atoms with E-state index in [1.54, 1.807) is 7.11 Å². The standard InChI is InChI=1S/C19H27NO/c1-4-19(2,15-20-12-13-21-3)14-17-10-7-9-16-8-5-6-11-18(16)17/h5-11,20H,4,12-15H2,1-3H3. The van der Waals surface area contributed by atoms with E-state index in [0.29, 0.717) is 0 Å². The SMILES string of the molecule is CCC(C)(CNCCOC)Cc1cccc2ccccc12. The van der Waals surface area contributed by atoms with Crippen LogP contribution in [0.15, 0.2) is 42.5 Å². The largest absolute Gasteiger partial charge is 0.383 e. The van der Waals surface area contributed by atoms with Crippen LogP contribution in [0.25, 0.3) is 10.8 Å². The van der Waals surface area contributed by atoms with E-state index in [-0.39, 0.29) is 5.41 Å². The number of hydrogen-bond donors (Lipinski definition) is 1. The molecule has 2 aromatic rings. The topological polar surface area (TPSA) is 21.3 Å². The van der Waals surface area contributed by atoms with E-state index < -0.39 is 0 Å². The molecular weight excluding hydrogens is 258 g/mol. The Labute approximate surface area is 128 Å². The maximum absolute atomic E-state index is 5.10. The molecule has 0 radical (unpaired) electrons. The lowest BCUT2D eigenvalue weighted by molar-refractivity contribution is 0.191. The Bertz CT molecular complexity index is 561. The van der Waals surface area contributed by atoms with Crippen molar-refractivity contribution in [3.63, 3.8) is 0 Å². The summed E-state index contributed by atoms with van der Waals surface area (Å²) < 4.78 is 5.10. The van der Waals surface area contributed by atoms with Gasteiger partial charge >= 0.3 is 0 Å². The minimum absolute atomic E-state index is 0.276. The van der Waals surface area contributed by atoms with Gasteiger partial charge in [-0.25, -0.2) is 0 Å². The molecule has 114 valence electrons. The van der Waals surface area contributed by atoms with Gasteiger partial charge in [-0.15, -0.1) is 0 Å². The molecule has 0 bridgehead atoms. The van der Waals surface area contributed by atoms with Crippen LogP contribution in [0.1, 0.15) is 25.8 Å². The van der Waals surface area contributed by atoms with Crippen molar-refractivity contribution < 1.29 is 4.74 Å². The molecule has 2 nitrogen and oxygen atoms in total. The summed E-state index contributed by atoms with van der Waals surface area (Å²) in [5, 5.41) is 6.24. The van der Waals surface area contributed by atoms with Crippen molar-refractivity contribution in [3.8, 4) is 0 Å². The quantitative estimate of drug-likeness (QED) is 0.739. The summed E-state index contributed by atoms with van der Waals surface area (Å²) in [7, 11) is 1.75. The van der Waals surface area contributed by atoms with E-state index >= 15 is 0 Å². The van der Waals surface area contributed by atoms with E-state index in [1.165, 1.54) is 16.3 Å². The zero-order chi connectivity index (χ0) is 15.1. The van der Waals surface area contributed by atoms with Gasteiger partial charge in [0.05, 0.1) is 6.61 Å². The second kappa shape index (κ2) is 7.58. The van der Waals surface area contributed by atoms with Gasteiger partial charge in [-0.2, -0.15) is 0 Å². The van der Waals surface area contributed by atoms with Crippen molar-refractivity contribution in [1.82, 2.24) is 5.32 Å². The lowest BCUT2D eigenvalue weighted by atomic mass is 9.80. The zero-order valence-electron chi connectivity index (χ0n) is 13.5. The van der Waals surface area contributed by atoms with Crippen molar-refractivity contribution in [1.29, 1.82) is 0 Å². The summed E-state index contributed by atoms with van der Waals surface area (Å²) in [6.45, 7) is 7.36. The number of hydrogen-bond acceptors (Lipinski definition) is 2. The predicted molar refractivity (Wildman–Crippen MR) is 90.8 cm³/mol. The number of benzene rings is 2. The molecule has 1 unspecified atom stereocenters. The Morgan fingerprint density at radius 3 is 2.62 bits per heavy atom. The molecule has 0 aromatic heterocycles. The molecule has 2 rings (SSSR count). The molecule has 0 spiro atoms. The lowest BCUT2D eigenvalue weighted by Gasteiger charge is -2.29. The minimum atomic E-state index is 0.276. The third kappa shape index (κ3) is 4.29. The fourth-order valence-electron chi connectivity index (χ4n) is 2.78. The minimum Gasteiger partial charge on any atom is -0.383 e. The zero-order valence-corrected chi connectivity index (χ0v) is 13.5. The fraction of sp³-hybridized carbons (Fsp3) is 0.474. The van der Waals surface area contributed by atoms with E-state index in [2.05, 4.69) is 61.6 Å². The van der Waals surface area contributed by atoms with Gasteiger partial charge in [0.15, 0.2) is 0 Å². The molecule has 0 saturated carbocycles. The van der Waals surface area contributed by atoms with Crippen LogP contribution in [0.2, 0.25) is 0 Å². The number of fused-ring (bicyclic) bond motifs is 1. The van der Waals surface area contributed by atoms with Crippen LogP contribution >= 0.6 is 0 Å². The fourth-order valence-corrected chi connectivity index (χ4v) is 2.78. The molecule has 0 amide bonds. The maximum atomic E-state index is 5.10. The highest BCUT2D eigenvalue weighted by atomic mass is 16.5. The first-order valence-corrected chi connectivity index (χ1v) is 7.85. The third-order valence-electron chi connectivity index (χ3n) is 4.39. The highest BCUT2D eigenvalue weighted by Crippen LogP contribution is 2.29. The molecule has 0 saturated heterocycles. The summed E-state index contributed by atoms with van der Waals surface area (Å²) in [6, 6.07) is 15.3. The van der Waals surface area contributed by atoms with Crippen molar-refractivity contribution in [3.05, 3.63) is 48.0 Å². The van der Waals surface area contributed by atoms with Gasteiger partial charge in [0, 0.05) is 20.2 Å². The summed E-state index contributed by atoms with van der Waals surface area (Å²) in [5.74, 6) is 0. The Morgan fingerprint density at radius 2 is 1.86 bits per heavy atom. The number of nitrogens with one attached hydrogen (secondary N) is 1. The monoisotopic (exact) mass is 285 g/mol. The van der Waals surface area contributed by atoms with Crippen molar-refractivity contribution in [2.24, 2.45) is 5.41 Å². The van der Waals surface area contributed by atoms with E-state index in [1.807, 2.05) is 0 Å². The van der Waals surface area contributed by atoms with Crippen LogP contribution < -0.4 is 5.32 Å². The maximum Gasteiger partial charge on any atom is 0.0587 e. The van der Waals surface area contributed by atoms with E-state index in [0.717, 1.165) is 32.5 Å². The molecule has 21 heavy (non-hydrogen) atoms. The molecule has 0 aliphatic carbocycles. The molecule has 0 aliphatic heterocycles. The van der Waals surface area contributed by atoms with Gasteiger partial charge in [0.2, 0.25) is 0 Å². The van der Waals surface area contributed by atoms with Crippen LogP contribution in [0.3, 0.4) is 0 Å². The van der Waals surface area contributed by atoms with Crippen LogP contribution in [-0.2, 0) is 11.2 Å². The van der Waals surface area contributed by atoms with Gasteiger partial charge in [-0.05, 0) is 34.6 Å². The third-order valence-corrected chi connectivity index (χ3v) is 4.39. The highest BCUT2D eigenvalue weighted by Gasteiger charge is 2.22. The van der Waals surface area contributed by atoms with Gasteiger partial charge in [0.25, 0.3) is 0 Å². The van der Waals surface area contributed by atoms with Crippen molar-refractivity contribution >= 4 is 10.8 Å². The van der Waals surface area contributed by atoms with Crippen LogP contribution in [0.4, 0.5) is 0 Å². The second-order valence-corrected chi connectivity index (χ2v) is 6.15. The molecule has 0 fully saturated rings. The van der Waals surface area contributed by atoms with Gasteiger partial charge in [0.1, 0.15) is 0 Å². The van der Waals surface area contributed by atoms with E-state index in [4.69, 9.17) is 4.74 Å². The van der Waals surface area contributed by atoms with E-state index in [9.17, 15) is 0 Å². The molecule has 2 aromatic carbocycles. The molecule has 0 aliphatic rings. The lowest BCUT2D eigenvalue weighted by Crippen LogP contribution is -2.35. The number of ether oxygens (including phenoxy) is 1. The number of rotatable bonds is 8. The average Bonchev–Trinajstić information content (AvgIpc) is 2.52. The summed E-state index contributed by atoms with van der Waals surface area (Å²) in [4.78, 5) is 0. The first kappa shape index (κ1) is 16.0. The predicted octanol–water partition coefficient (Wildman–Crippen LogP) is 4.03. The van der Waals surface area contributed by atoms with Gasteiger partial charge in [-0.1, -0.05) is 56.3 Å². The Morgan fingerprint density at radius 1 is 1.10 bits per heavy atom. The first-order valence-electron chi connectivity index (χ1n) is 7.85. The van der Waals surface area contributed by atoms with Crippen molar-refractivity contribution in [2.45, 2.75) is 26.7 Å². The average molecular weight is 285 g/mol.